The first kappa shape index (κ1) is 21.7. The number of methoxy groups -OCH3 is 1. The minimum atomic E-state index is -0.117. The van der Waals surface area contributed by atoms with Crippen LogP contribution in [0.4, 0.5) is 5.69 Å². The number of carbonyl (C=O) groups excluding carboxylic acids is 1. The van der Waals surface area contributed by atoms with E-state index in [1.54, 1.807) is 11.7 Å². The number of rotatable bonds is 7. The quantitative estimate of drug-likeness (QED) is 0.308. The molecule has 2 aromatic carbocycles. The number of aromatic nitrogens is 2. The van der Waals surface area contributed by atoms with Crippen LogP contribution < -0.4 is 15.6 Å². The molecule has 0 saturated carbocycles. The number of thiophene rings is 1. The molecule has 0 spiro atoms. The van der Waals surface area contributed by atoms with Gasteiger partial charge in [-0.2, -0.15) is 0 Å². The summed E-state index contributed by atoms with van der Waals surface area (Å²) in [6, 6.07) is 15.6. The highest BCUT2D eigenvalue weighted by atomic mass is 32.2. The minimum absolute atomic E-state index is 0.0904. The summed E-state index contributed by atoms with van der Waals surface area (Å²) in [5, 5.41) is 5.38. The molecule has 0 atom stereocenters. The highest BCUT2D eigenvalue weighted by Gasteiger charge is 2.16. The second-order valence-electron chi connectivity index (χ2n) is 7.94. The smallest absolute Gasteiger partial charge is 0.272 e. The van der Waals surface area contributed by atoms with Gasteiger partial charge in [0.25, 0.3) is 5.56 Å². The third-order valence-corrected chi connectivity index (χ3v) is 7.61. The molecule has 1 aliphatic carbocycles. The van der Waals surface area contributed by atoms with E-state index < -0.39 is 0 Å². The maximum atomic E-state index is 13.2. The molecule has 2 heterocycles. The number of nitrogens with zero attached hydrogens (tertiary/aromatic N) is 2. The maximum absolute atomic E-state index is 13.2. The van der Waals surface area contributed by atoms with Crippen molar-refractivity contribution in [3.63, 3.8) is 0 Å². The highest BCUT2D eigenvalue weighted by molar-refractivity contribution is 7.99. The highest BCUT2D eigenvalue weighted by Crippen LogP contribution is 2.26. The van der Waals surface area contributed by atoms with Gasteiger partial charge in [-0.15, -0.1) is 11.3 Å². The van der Waals surface area contributed by atoms with Gasteiger partial charge in [0.1, 0.15) is 10.4 Å². The number of nitrogens with one attached hydrogen (secondary N) is 1. The zero-order valence-corrected chi connectivity index (χ0v) is 19.8. The summed E-state index contributed by atoms with van der Waals surface area (Å²) in [5.74, 6) is 0.811. The van der Waals surface area contributed by atoms with E-state index in [0.717, 1.165) is 29.8 Å². The summed E-state index contributed by atoms with van der Waals surface area (Å²) in [6.07, 6.45) is 3.35. The molecule has 0 bridgehead atoms. The van der Waals surface area contributed by atoms with Crippen molar-refractivity contribution in [3.05, 3.63) is 81.0 Å². The number of ether oxygens (including phenoxy) is 1. The van der Waals surface area contributed by atoms with E-state index in [2.05, 4.69) is 22.4 Å². The summed E-state index contributed by atoms with van der Waals surface area (Å²) in [4.78, 5) is 30.5. The van der Waals surface area contributed by atoms with E-state index in [4.69, 9.17) is 4.74 Å². The average molecular weight is 478 g/mol. The monoisotopic (exact) mass is 477 g/mol. The molecular formula is C25H23N3O3S2. The topological polar surface area (TPSA) is 73.2 Å². The fourth-order valence-electron chi connectivity index (χ4n) is 4.06. The average Bonchev–Trinajstić information content (AvgIpc) is 3.49. The van der Waals surface area contributed by atoms with Crippen LogP contribution in [0, 0.1) is 0 Å². The lowest BCUT2D eigenvalue weighted by Crippen LogP contribution is -2.24. The summed E-state index contributed by atoms with van der Waals surface area (Å²) in [6.45, 7) is 0.373. The van der Waals surface area contributed by atoms with Gasteiger partial charge in [0.15, 0.2) is 5.16 Å². The largest absolute Gasteiger partial charge is 0.497 e. The lowest BCUT2D eigenvalue weighted by molar-refractivity contribution is -0.113. The zero-order chi connectivity index (χ0) is 22.8. The Morgan fingerprint density at radius 3 is 2.79 bits per heavy atom. The van der Waals surface area contributed by atoms with Crippen LogP contribution in [-0.2, 0) is 24.2 Å². The molecule has 0 fully saturated rings. The number of fused-ring (bicyclic) bond motifs is 2. The van der Waals surface area contributed by atoms with Gasteiger partial charge in [-0.25, -0.2) is 4.98 Å². The molecule has 8 heteroatoms. The Hall–Kier alpha value is -3.10. The molecule has 33 heavy (non-hydrogen) atoms. The molecule has 168 valence electrons. The van der Waals surface area contributed by atoms with Gasteiger partial charge in [0, 0.05) is 5.69 Å². The maximum Gasteiger partial charge on any atom is 0.272 e. The molecule has 1 amide bonds. The number of hydrogen-bond donors (Lipinski definition) is 1. The van der Waals surface area contributed by atoms with Crippen LogP contribution in [0.5, 0.6) is 5.75 Å². The van der Waals surface area contributed by atoms with Crippen molar-refractivity contribution in [2.45, 2.75) is 31.0 Å². The molecule has 6 nitrogen and oxygen atoms in total. The first-order chi connectivity index (χ1) is 16.1. The van der Waals surface area contributed by atoms with E-state index in [-0.39, 0.29) is 17.2 Å². The first-order valence-electron chi connectivity index (χ1n) is 10.8. The van der Waals surface area contributed by atoms with Crippen LogP contribution in [0.25, 0.3) is 10.2 Å². The van der Waals surface area contributed by atoms with E-state index in [1.165, 1.54) is 40.6 Å². The SMILES string of the molecule is COc1ccc(Cn2c(SCC(=O)Nc3ccc4c(c3)CCC4)nc3ccsc3c2=O)cc1. The molecule has 4 aromatic rings. The van der Waals surface area contributed by atoms with Crippen LogP contribution in [0.2, 0.25) is 0 Å². The Bertz CT molecular complexity index is 1380. The van der Waals surface area contributed by atoms with Crippen molar-refractivity contribution in [2.75, 3.05) is 18.2 Å². The lowest BCUT2D eigenvalue weighted by atomic mass is 10.1. The molecule has 2 aromatic heterocycles. The molecule has 0 radical (unpaired) electrons. The number of aryl methyl sites for hydroxylation is 2. The summed E-state index contributed by atoms with van der Waals surface area (Å²) < 4.78 is 7.49. The number of hydrogen-bond acceptors (Lipinski definition) is 6. The molecular weight excluding hydrogens is 454 g/mol. The fraction of sp³-hybridized carbons (Fsp3) is 0.240. The van der Waals surface area contributed by atoms with Crippen molar-refractivity contribution in [3.8, 4) is 5.75 Å². The van der Waals surface area contributed by atoms with Crippen LogP contribution in [-0.4, -0.2) is 28.3 Å². The Kier molecular flexibility index (Phi) is 6.20. The minimum Gasteiger partial charge on any atom is -0.497 e. The number of thioether (sulfide) groups is 1. The summed E-state index contributed by atoms with van der Waals surface area (Å²) >= 11 is 2.66. The summed E-state index contributed by atoms with van der Waals surface area (Å²) in [7, 11) is 1.62. The number of benzene rings is 2. The molecule has 0 unspecified atom stereocenters. The third-order valence-electron chi connectivity index (χ3n) is 5.75. The lowest BCUT2D eigenvalue weighted by Gasteiger charge is -2.13. The fourth-order valence-corrected chi connectivity index (χ4v) is 5.64. The Labute approximate surface area is 199 Å². The molecule has 1 aliphatic rings. The predicted octanol–water partition coefficient (Wildman–Crippen LogP) is 4.73. The van der Waals surface area contributed by atoms with E-state index in [1.807, 2.05) is 41.8 Å². The second kappa shape index (κ2) is 9.41. The van der Waals surface area contributed by atoms with Gasteiger partial charge in [0.05, 0.1) is 24.9 Å². The zero-order valence-electron chi connectivity index (χ0n) is 18.2. The molecule has 0 aliphatic heterocycles. The number of amides is 1. The normalized spacial score (nSPS) is 12.6. The van der Waals surface area contributed by atoms with Crippen molar-refractivity contribution >= 4 is 44.9 Å². The Balaban J connectivity index is 1.35. The Morgan fingerprint density at radius 1 is 1.15 bits per heavy atom. The van der Waals surface area contributed by atoms with Crippen molar-refractivity contribution in [2.24, 2.45) is 0 Å². The van der Waals surface area contributed by atoms with E-state index >= 15 is 0 Å². The van der Waals surface area contributed by atoms with Gasteiger partial charge in [-0.05, 0) is 71.7 Å². The van der Waals surface area contributed by atoms with Gasteiger partial charge in [0.2, 0.25) is 5.91 Å². The van der Waals surface area contributed by atoms with Gasteiger partial charge < -0.3 is 10.1 Å². The van der Waals surface area contributed by atoms with Crippen LogP contribution >= 0.6 is 23.1 Å². The van der Waals surface area contributed by atoms with Crippen LogP contribution in [0.15, 0.2) is 63.9 Å². The third kappa shape index (κ3) is 4.67. The van der Waals surface area contributed by atoms with E-state index in [9.17, 15) is 9.59 Å². The second-order valence-corrected chi connectivity index (χ2v) is 9.80. The number of anilines is 1. The van der Waals surface area contributed by atoms with Crippen molar-refractivity contribution < 1.29 is 9.53 Å². The molecule has 1 N–H and O–H groups in total. The Morgan fingerprint density at radius 2 is 1.97 bits per heavy atom. The standard InChI is InChI=1S/C25H23N3O3S2/c1-31-20-9-5-16(6-10-20)14-28-24(30)23-21(11-12-32-23)27-25(28)33-15-22(29)26-19-8-7-17-3-2-4-18(17)13-19/h5-13H,2-4,14-15H2,1H3,(H,26,29). The molecule has 0 saturated heterocycles. The van der Waals surface area contributed by atoms with Crippen LogP contribution in [0.1, 0.15) is 23.1 Å². The van der Waals surface area contributed by atoms with Crippen LogP contribution in [0.3, 0.4) is 0 Å². The predicted molar refractivity (Wildman–Crippen MR) is 134 cm³/mol. The van der Waals surface area contributed by atoms with Crippen molar-refractivity contribution in [1.29, 1.82) is 0 Å². The number of carbonyl (C=O) groups is 1. The van der Waals surface area contributed by atoms with Gasteiger partial charge >= 0.3 is 0 Å². The van der Waals surface area contributed by atoms with E-state index in [0.29, 0.717) is 21.9 Å². The van der Waals surface area contributed by atoms with Gasteiger partial charge in [-0.3, -0.25) is 14.2 Å². The first-order valence-corrected chi connectivity index (χ1v) is 12.6. The van der Waals surface area contributed by atoms with Crippen molar-refractivity contribution in [1.82, 2.24) is 9.55 Å². The summed E-state index contributed by atoms with van der Waals surface area (Å²) in [5.41, 5.74) is 5.04. The molecule has 5 rings (SSSR count). The van der Waals surface area contributed by atoms with Gasteiger partial charge in [-0.1, -0.05) is 30.0 Å².